The zero-order valence-electron chi connectivity index (χ0n) is 15.2. The van der Waals surface area contributed by atoms with E-state index in [0.29, 0.717) is 18.4 Å². The highest BCUT2D eigenvalue weighted by atomic mass is 16.7. The van der Waals surface area contributed by atoms with Gasteiger partial charge in [-0.2, -0.15) is 4.98 Å². The minimum absolute atomic E-state index is 0.0487. The van der Waals surface area contributed by atoms with Gasteiger partial charge in [-0.25, -0.2) is 4.98 Å². The predicted octanol–water partition coefficient (Wildman–Crippen LogP) is 3.18. The SMILES string of the molecule is CCOc1nc(C)nc2c1CC[C@H]1[C@H](C)C3(CC[C@]21C)OCCO3. The summed E-state index contributed by atoms with van der Waals surface area (Å²) in [5.41, 5.74) is 2.47. The van der Waals surface area contributed by atoms with Gasteiger partial charge in [-0.3, -0.25) is 0 Å². The van der Waals surface area contributed by atoms with Crippen molar-refractivity contribution < 1.29 is 14.2 Å². The standard InChI is InChI=1S/C19H28N2O3/c1-5-22-17-14-6-7-15-12(2)19(23-10-11-24-19)9-8-18(15,4)16(14)20-13(3)21-17/h12,15H,5-11H2,1-4H3/t12-,15-,18-/m0/s1. The number of aryl methyl sites for hydroxylation is 1. The molecule has 1 saturated heterocycles. The van der Waals surface area contributed by atoms with Gasteiger partial charge in [-0.15, -0.1) is 0 Å². The number of nitrogens with zero attached hydrogens (tertiary/aromatic N) is 2. The third-order valence-corrected chi connectivity index (χ3v) is 6.49. The molecule has 1 aliphatic heterocycles. The zero-order chi connectivity index (χ0) is 16.9. The fraction of sp³-hybridized carbons (Fsp3) is 0.789. The van der Waals surface area contributed by atoms with Gasteiger partial charge in [0.2, 0.25) is 5.88 Å². The Morgan fingerprint density at radius 2 is 1.96 bits per heavy atom. The van der Waals surface area contributed by atoms with Gasteiger partial charge in [0, 0.05) is 23.3 Å². The molecular weight excluding hydrogens is 304 g/mol. The molecule has 2 fully saturated rings. The summed E-state index contributed by atoms with van der Waals surface area (Å²) < 4.78 is 18.0. The minimum atomic E-state index is -0.369. The van der Waals surface area contributed by atoms with E-state index >= 15 is 0 Å². The van der Waals surface area contributed by atoms with Crippen molar-refractivity contribution in [1.82, 2.24) is 9.97 Å². The average molecular weight is 332 g/mol. The lowest BCUT2D eigenvalue weighted by Gasteiger charge is -2.54. The molecule has 0 amide bonds. The van der Waals surface area contributed by atoms with E-state index in [4.69, 9.17) is 19.2 Å². The van der Waals surface area contributed by atoms with Crippen LogP contribution >= 0.6 is 0 Å². The molecule has 5 heteroatoms. The fourth-order valence-corrected chi connectivity index (χ4v) is 5.27. The van der Waals surface area contributed by atoms with Crippen molar-refractivity contribution in [3.05, 3.63) is 17.1 Å². The first-order valence-electron chi connectivity index (χ1n) is 9.29. The fourth-order valence-electron chi connectivity index (χ4n) is 5.27. The maximum absolute atomic E-state index is 6.08. The predicted molar refractivity (Wildman–Crippen MR) is 90.1 cm³/mol. The summed E-state index contributed by atoms with van der Waals surface area (Å²) >= 11 is 0. The van der Waals surface area contributed by atoms with Crippen molar-refractivity contribution in [3.63, 3.8) is 0 Å². The van der Waals surface area contributed by atoms with E-state index in [9.17, 15) is 0 Å². The van der Waals surface area contributed by atoms with Crippen molar-refractivity contribution in [3.8, 4) is 5.88 Å². The molecule has 2 heterocycles. The van der Waals surface area contributed by atoms with Crippen LogP contribution in [0.25, 0.3) is 0 Å². The molecule has 1 saturated carbocycles. The molecule has 0 aromatic carbocycles. The smallest absolute Gasteiger partial charge is 0.220 e. The van der Waals surface area contributed by atoms with Crippen LogP contribution in [0.4, 0.5) is 0 Å². The second-order valence-corrected chi connectivity index (χ2v) is 7.70. The number of hydrogen-bond donors (Lipinski definition) is 0. The molecule has 1 aromatic heterocycles. The Bertz CT molecular complexity index is 642. The van der Waals surface area contributed by atoms with Gasteiger partial charge >= 0.3 is 0 Å². The Morgan fingerprint density at radius 3 is 2.67 bits per heavy atom. The van der Waals surface area contributed by atoms with Crippen molar-refractivity contribution in [2.45, 2.75) is 64.6 Å². The normalized spacial score (nSPS) is 34.0. The Hall–Kier alpha value is -1.20. The minimum Gasteiger partial charge on any atom is -0.478 e. The summed E-state index contributed by atoms with van der Waals surface area (Å²) in [6, 6.07) is 0. The van der Waals surface area contributed by atoms with E-state index in [2.05, 4.69) is 18.8 Å². The molecule has 2 aliphatic carbocycles. The van der Waals surface area contributed by atoms with Crippen molar-refractivity contribution in [2.24, 2.45) is 11.8 Å². The lowest BCUT2D eigenvalue weighted by Crippen LogP contribution is -2.55. The van der Waals surface area contributed by atoms with E-state index in [1.165, 1.54) is 11.3 Å². The monoisotopic (exact) mass is 332 g/mol. The van der Waals surface area contributed by atoms with Gasteiger partial charge in [0.1, 0.15) is 5.82 Å². The summed E-state index contributed by atoms with van der Waals surface area (Å²) in [4.78, 5) is 9.44. The molecule has 0 bridgehead atoms. The molecule has 5 nitrogen and oxygen atoms in total. The molecule has 0 radical (unpaired) electrons. The van der Waals surface area contributed by atoms with E-state index in [1.54, 1.807) is 0 Å². The van der Waals surface area contributed by atoms with Crippen LogP contribution in [0.3, 0.4) is 0 Å². The molecule has 0 N–H and O–H groups in total. The summed E-state index contributed by atoms with van der Waals surface area (Å²) in [5.74, 6) is 2.12. The van der Waals surface area contributed by atoms with Crippen molar-refractivity contribution >= 4 is 0 Å². The highest BCUT2D eigenvalue weighted by molar-refractivity contribution is 5.40. The highest BCUT2D eigenvalue weighted by Gasteiger charge is 2.57. The van der Waals surface area contributed by atoms with Crippen LogP contribution in [-0.2, 0) is 21.3 Å². The number of fused-ring (bicyclic) bond motifs is 3. The first kappa shape index (κ1) is 16.3. The first-order chi connectivity index (χ1) is 11.5. The molecule has 4 rings (SSSR count). The molecular formula is C19H28N2O3. The lowest BCUT2D eigenvalue weighted by molar-refractivity contribution is -0.234. The number of aromatic nitrogens is 2. The van der Waals surface area contributed by atoms with E-state index in [1.807, 2.05) is 13.8 Å². The maximum atomic E-state index is 6.08. The van der Waals surface area contributed by atoms with Crippen molar-refractivity contribution in [2.75, 3.05) is 19.8 Å². The first-order valence-corrected chi connectivity index (χ1v) is 9.29. The summed E-state index contributed by atoms with van der Waals surface area (Å²) in [6.07, 6.45) is 4.07. The Balaban J connectivity index is 1.76. The van der Waals surface area contributed by atoms with Gasteiger partial charge in [0.25, 0.3) is 0 Å². The number of ether oxygens (including phenoxy) is 3. The Kier molecular flexibility index (Phi) is 3.84. The zero-order valence-corrected chi connectivity index (χ0v) is 15.2. The van der Waals surface area contributed by atoms with Gasteiger partial charge in [-0.1, -0.05) is 13.8 Å². The quantitative estimate of drug-likeness (QED) is 0.832. The topological polar surface area (TPSA) is 53.5 Å². The number of hydrogen-bond acceptors (Lipinski definition) is 5. The van der Waals surface area contributed by atoms with Gasteiger partial charge in [0.05, 0.1) is 25.5 Å². The van der Waals surface area contributed by atoms with E-state index in [-0.39, 0.29) is 11.2 Å². The summed E-state index contributed by atoms with van der Waals surface area (Å²) in [7, 11) is 0. The van der Waals surface area contributed by atoms with Crippen molar-refractivity contribution in [1.29, 1.82) is 0 Å². The molecule has 1 spiro atoms. The third kappa shape index (κ3) is 2.21. The Morgan fingerprint density at radius 1 is 1.21 bits per heavy atom. The van der Waals surface area contributed by atoms with Crippen LogP contribution in [-0.4, -0.2) is 35.6 Å². The molecule has 3 atom stereocenters. The van der Waals surface area contributed by atoms with Crippen LogP contribution in [0, 0.1) is 18.8 Å². The van der Waals surface area contributed by atoms with Crippen LogP contribution in [0.2, 0.25) is 0 Å². The molecule has 132 valence electrons. The maximum Gasteiger partial charge on any atom is 0.220 e. The number of rotatable bonds is 2. The average Bonchev–Trinajstić information content (AvgIpc) is 3.03. The second-order valence-electron chi connectivity index (χ2n) is 7.70. The van der Waals surface area contributed by atoms with Gasteiger partial charge in [0.15, 0.2) is 5.79 Å². The van der Waals surface area contributed by atoms with E-state index < -0.39 is 0 Å². The summed E-state index contributed by atoms with van der Waals surface area (Å²) in [5, 5.41) is 0. The van der Waals surface area contributed by atoms with Gasteiger partial charge in [-0.05, 0) is 39.0 Å². The molecule has 24 heavy (non-hydrogen) atoms. The molecule has 3 aliphatic rings. The van der Waals surface area contributed by atoms with Crippen LogP contribution in [0.5, 0.6) is 5.88 Å². The highest BCUT2D eigenvalue weighted by Crippen LogP contribution is 2.57. The van der Waals surface area contributed by atoms with Crippen LogP contribution in [0.15, 0.2) is 0 Å². The van der Waals surface area contributed by atoms with Crippen LogP contribution in [0.1, 0.15) is 57.1 Å². The molecule has 1 aromatic rings. The summed E-state index contributed by atoms with van der Waals surface area (Å²) in [6.45, 7) is 10.7. The third-order valence-electron chi connectivity index (χ3n) is 6.49. The Labute approximate surface area is 144 Å². The second kappa shape index (κ2) is 5.67. The largest absolute Gasteiger partial charge is 0.478 e. The van der Waals surface area contributed by atoms with Gasteiger partial charge < -0.3 is 14.2 Å². The van der Waals surface area contributed by atoms with E-state index in [0.717, 1.165) is 50.6 Å². The van der Waals surface area contributed by atoms with Crippen LogP contribution < -0.4 is 4.74 Å². The molecule has 0 unspecified atom stereocenters. The lowest BCUT2D eigenvalue weighted by atomic mass is 9.55.